The van der Waals surface area contributed by atoms with Crippen molar-refractivity contribution < 1.29 is 9.53 Å². The number of para-hydroxylation sites is 1. The topological polar surface area (TPSA) is 62.1 Å². The molecule has 142 valence electrons. The van der Waals surface area contributed by atoms with Crippen LogP contribution in [0.1, 0.15) is 16.7 Å². The monoisotopic (exact) mass is 462 g/mol. The summed E-state index contributed by atoms with van der Waals surface area (Å²) in [6, 6.07) is 22.9. The van der Waals surface area contributed by atoms with Gasteiger partial charge in [0, 0.05) is 20.5 Å². The lowest BCUT2D eigenvalue weighted by atomic mass is 10.1. The van der Waals surface area contributed by atoms with Gasteiger partial charge in [0.25, 0.3) is 5.91 Å². The molecule has 3 aromatic carbocycles. The average Bonchev–Trinajstić information content (AvgIpc) is 2.74. The van der Waals surface area contributed by atoms with Crippen LogP contribution in [0.15, 0.2) is 81.0 Å². The lowest BCUT2D eigenvalue weighted by Gasteiger charge is -2.19. The van der Waals surface area contributed by atoms with E-state index in [1.165, 1.54) is 11.8 Å². The predicted octanol–water partition coefficient (Wildman–Crippen LogP) is 5.99. The van der Waals surface area contributed by atoms with Crippen molar-refractivity contribution in [2.45, 2.75) is 11.5 Å². The number of nitrogens with zero attached hydrogens (tertiary/aromatic N) is 1. The fraction of sp³-hybridized carbons (Fsp3) is 0.0435. The van der Waals surface area contributed by atoms with E-state index in [1.54, 1.807) is 6.07 Å². The van der Waals surface area contributed by atoms with Gasteiger partial charge >= 0.3 is 0 Å². The molecule has 0 saturated carbocycles. The summed E-state index contributed by atoms with van der Waals surface area (Å²) in [6.07, 6.45) is 1.83. The third-order valence-corrected chi connectivity index (χ3v) is 5.95. The fourth-order valence-electron chi connectivity index (χ4n) is 2.92. The first-order valence-electron chi connectivity index (χ1n) is 8.84. The molecular weight excluding hydrogens is 448 g/mol. The van der Waals surface area contributed by atoms with Gasteiger partial charge in [-0.15, -0.1) is 0 Å². The Hall–Kier alpha value is -3.01. The number of fused-ring (bicyclic) bond motifs is 1. The molecular formula is C23H15BrN2O2S. The number of hydrogen-bond acceptors (Lipinski definition) is 4. The van der Waals surface area contributed by atoms with Gasteiger partial charge in [0.2, 0.25) is 0 Å². The molecule has 4 nitrogen and oxygen atoms in total. The second-order valence-corrected chi connectivity index (χ2v) is 8.30. The molecule has 0 spiro atoms. The first-order chi connectivity index (χ1) is 14.1. The maximum absolute atomic E-state index is 12.5. The summed E-state index contributed by atoms with van der Waals surface area (Å²) in [6.45, 7) is 0.268. The summed E-state index contributed by atoms with van der Waals surface area (Å²) in [4.78, 5) is 14.1. The number of rotatable bonds is 4. The Morgan fingerprint density at radius 2 is 1.90 bits per heavy atom. The molecule has 0 saturated heterocycles. The van der Waals surface area contributed by atoms with Crippen LogP contribution in [0.3, 0.4) is 0 Å². The van der Waals surface area contributed by atoms with Crippen molar-refractivity contribution in [1.29, 1.82) is 5.26 Å². The molecule has 0 atom stereocenters. The van der Waals surface area contributed by atoms with Gasteiger partial charge in [0.05, 0.1) is 22.2 Å². The van der Waals surface area contributed by atoms with Gasteiger partial charge in [-0.3, -0.25) is 4.79 Å². The summed E-state index contributed by atoms with van der Waals surface area (Å²) >= 11 is 4.92. The molecule has 29 heavy (non-hydrogen) atoms. The Morgan fingerprint density at radius 1 is 1.10 bits per heavy atom. The molecule has 1 amide bonds. The third kappa shape index (κ3) is 4.37. The van der Waals surface area contributed by atoms with Crippen LogP contribution in [0, 0.1) is 11.3 Å². The minimum absolute atomic E-state index is 0.144. The van der Waals surface area contributed by atoms with E-state index < -0.39 is 0 Å². The number of ether oxygens (including phenoxy) is 1. The molecule has 1 heterocycles. The van der Waals surface area contributed by atoms with Crippen molar-refractivity contribution in [1.82, 2.24) is 0 Å². The van der Waals surface area contributed by atoms with Crippen LogP contribution in [-0.4, -0.2) is 5.91 Å². The lowest BCUT2D eigenvalue weighted by Crippen LogP contribution is -2.17. The summed E-state index contributed by atoms with van der Waals surface area (Å²) in [5.74, 6) is 0.496. The highest BCUT2D eigenvalue weighted by Crippen LogP contribution is 2.39. The van der Waals surface area contributed by atoms with E-state index >= 15 is 0 Å². The van der Waals surface area contributed by atoms with Gasteiger partial charge < -0.3 is 10.1 Å². The number of thioether (sulfide) groups is 1. The summed E-state index contributed by atoms with van der Waals surface area (Å²) in [7, 11) is 0. The zero-order valence-corrected chi connectivity index (χ0v) is 17.6. The number of benzene rings is 3. The highest BCUT2D eigenvalue weighted by molar-refractivity contribution is 9.10. The zero-order chi connectivity index (χ0) is 20.2. The van der Waals surface area contributed by atoms with Gasteiger partial charge in [0.15, 0.2) is 0 Å². The van der Waals surface area contributed by atoms with E-state index in [-0.39, 0.29) is 12.5 Å². The molecule has 0 bridgehead atoms. The van der Waals surface area contributed by atoms with Crippen molar-refractivity contribution in [3.8, 4) is 11.8 Å². The van der Waals surface area contributed by atoms with Crippen molar-refractivity contribution >= 4 is 45.4 Å². The molecule has 0 radical (unpaired) electrons. The van der Waals surface area contributed by atoms with Crippen molar-refractivity contribution in [3.63, 3.8) is 0 Å². The number of anilines is 1. The summed E-state index contributed by atoms with van der Waals surface area (Å²) in [5, 5.41) is 12.2. The second-order valence-electron chi connectivity index (χ2n) is 6.30. The maximum Gasteiger partial charge on any atom is 0.262 e. The van der Waals surface area contributed by atoms with Gasteiger partial charge in [-0.05, 0) is 42.5 Å². The largest absolute Gasteiger partial charge is 0.488 e. The molecule has 6 heteroatoms. The fourth-order valence-corrected chi connectivity index (χ4v) is 4.24. The number of amides is 1. The Bertz CT molecular complexity index is 1170. The molecule has 0 aromatic heterocycles. The van der Waals surface area contributed by atoms with Crippen molar-refractivity contribution in [2.75, 3.05) is 5.32 Å². The predicted molar refractivity (Wildman–Crippen MR) is 119 cm³/mol. The quantitative estimate of drug-likeness (QED) is 0.484. The smallest absolute Gasteiger partial charge is 0.262 e. The standard InChI is InChI=1S/C23H15BrN2O2S/c24-18-9-10-20(28-14-16-6-2-1-5-15(16)13-25)17(11-18)12-22-23(27)26-19-7-3-4-8-21(19)29-22/h1-12H,14H2,(H,26,27)/b22-12-. The van der Waals surface area contributed by atoms with E-state index in [0.29, 0.717) is 16.2 Å². The van der Waals surface area contributed by atoms with Crippen LogP contribution < -0.4 is 10.1 Å². The number of carbonyl (C=O) groups is 1. The minimum Gasteiger partial charge on any atom is -0.488 e. The van der Waals surface area contributed by atoms with Crippen LogP contribution >= 0.6 is 27.7 Å². The first kappa shape index (κ1) is 19.3. The minimum atomic E-state index is -0.144. The normalized spacial score (nSPS) is 14.1. The van der Waals surface area contributed by atoms with Gasteiger partial charge in [-0.25, -0.2) is 0 Å². The SMILES string of the molecule is N#Cc1ccccc1COc1ccc(Br)cc1/C=C1\Sc2ccccc2NC1=O. The molecule has 4 rings (SSSR count). The van der Waals surface area contributed by atoms with E-state index in [9.17, 15) is 10.1 Å². The van der Waals surface area contributed by atoms with Crippen LogP contribution in [0.4, 0.5) is 5.69 Å². The Balaban J connectivity index is 1.63. The number of halogens is 1. The molecule has 1 N–H and O–H groups in total. The Morgan fingerprint density at radius 3 is 2.76 bits per heavy atom. The Kier molecular flexibility index (Phi) is 5.70. The van der Waals surface area contributed by atoms with Crippen LogP contribution in [-0.2, 0) is 11.4 Å². The zero-order valence-electron chi connectivity index (χ0n) is 15.2. The Labute approximate surface area is 181 Å². The molecule has 0 unspecified atom stereocenters. The van der Waals surface area contributed by atoms with E-state index in [0.717, 1.165) is 26.2 Å². The van der Waals surface area contributed by atoms with Crippen LogP contribution in [0.25, 0.3) is 6.08 Å². The number of hydrogen-bond donors (Lipinski definition) is 1. The van der Waals surface area contributed by atoms with Gasteiger partial charge in [-0.1, -0.05) is 58.0 Å². The maximum atomic E-state index is 12.5. The summed E-state index contributed by atoms with van der Waals surface area (Å²) in [5.41, 5.74) is 3.00. The highest BCUT2D eigenvalue weighted by Gasteiger charge is 2.21. The first-order valence-corrected chi connectivity index (χ1v) is 10.5. The highest BCUT2D eigenvalue weighted by atomic mass is 79.9. The average molecular weight is 463 g/mol. The molecule has 1 aliphatic heterocycles. The number of nitrogens with one attached hydrogen (secondary N) is 1. The number of nitriles is 1. The third-order valence-electron chi connectivity index (χ3n) is 4.36. The van der Waals surface area contributed by atoms with Crippen LogP contribution in [0.5, 0.6) is 5.75 Å². The lowest BCUT2D eigenvalue weighted by molar-refractivity contribution is -0.112. The molecule has 0 fully saturated rings. The second kappa shape index (κ2) is 8.56. The summed E-state index contributed by atoms with van der Waals surface area (Å²) < 4.78 is 6.89. The van der Waals surface area contributed by atoms with E-state index in [4.69, 9.17) is 4.74 Å². The molecule has 3 aromatic rings. The van der Waals surface area contributed by atoms with Crippen molar-refractivity contribution in [3.05, 3.63) is 92.8 Å². The van der Waals surface area contributed by atoms with Crippen molar-refractivity contribution in [2.24, 2.45) is 0 Å². The number of carbonyl (C=O) groups excluding carboxylic acids is 1. The molecule has 0 aliphatic carbocycles. The van der Waals surface area contributed by atoms with E-state index in [1.807, 2.05) is 66.7 Å². The van der Waals surface area contributed by atoms with Gasteiger partial charge in [-0.2, -0.15) is 5.26 Å². The van der Waals surface area contributed by atoms with Crippen LogP contribution in [0.2, 0.25) is 0 Å². The molecule has 1 aliphatic rings. The van der Waals surface area contributed by atoms with Gasteiger partial charge in [0.1, 0.15) is 12.4 Å². The van der Waals surface area contributed by atoms with E-state index in [2.05, 4.69) is 27.3 Å².